The molecule has 0 spiro atoms. The molecule has 6 aromatic rings. The fourth-order valence-electron chi connectivity index (χ4n) is 4.80. The van der Waals surface area contributed by atoms with Crippen LogP contribution in [0.4, 0.5) is 0 Å². The van der Waals surface area contributed by atoms with E-state index in [4.69, 9.17) is 0 Å². The second-order valence-electron chi connectivity index (χ2n) is 8.52. The van der Waals surface area contributed by atoms with Gasteiger partial charge in [-0.15, -0.1) is 0 Å². The molecule has 0 saturated heterocycles. The van der Waals surface area contributed by atoms with E-state index in [9.17, 15) is 19.8 Å². The van der Waals surface area contributed by atoms with E-state index in [1.807, 2.05) is 97.1 Å². The normalized spacial score (nSPS) is 12.6. The Kier molecular flexibility index (Phi) is 7.81. The van der Waals surface area contributed by atoms with Gasteiger partial charge in [-0.2, -0.15) is 0 Å². The molecule has 37 heavy (non-hydrogen) atoms. The van der Waals surface area contributed by atoms with Crippen molar-refractivity contribution >= 4 is 55.6 Å². The van der Waals surface area contributed by atoms with Crippen LogP contribution >= 0.6 is 0 Å². The smallest absolute Gasteiger partial charge is 0.295 e. The zero-order valence-corrected chi connectivity index (χ0v) is 22.8. The van der Waals surface area contributed by atoms with Crippen LogP contribution in [0.5, 0.6) is 0 Å². The Bertz CT molecular complexity index is 1510. The molecule has 0 fully saturated rings. The Hall–Kier alpha value is -3.48. The van der Waals surface area contributed by atoms with E-state index < -0.39 is 24.0 Å². The van der Waals surface area contributed by atoms with E-state index in [2.05, 4.69) is 13.8 Å². The van der Waals surface area contributed by atoms with Crippen LogP contribution < -0.4 is 0 Å². The maximum atomic E-state index is 11.2. The number of carboxylic acids is 2. The molecule has 183 valence electrons. The molecule has 0 saturated carbocycles. The Morgan fingerprint density at radius 3 is 0.946 bits per heavy atom. The minimum absolute atomic E-state index is 0. The molecule has 0 aliphatic heterocycles. The van der Waals surface area contributed by atoms with Crippen LogP contribution in [0, 0.1) is 13.8 Å². The zero-order valence-electron chi connectivity index (χ0n) is 20.0. The van der Waals surface area contributed by atoms with Crippen LogP contribution in [0.2, 0.25) is 0 Å². The second kappa shape index (κ2) is 10.9. The number of nitrogens with zero attached hydrogens (tertiary/aromatic N) is 2. The van der Waals surface area contributed by atoms with Crippen molar-refractivity contribution in [3.8, 4) is 0 Å². The van der Waals surface area contributed by atoms with Crippen molar-refractivity contribution in [2.45, 2.75) is 12.1 Å². The number of para-hydroxylation sites is 4. The minimum Gasteiger partial charge on any atom is -0.482 e. The Labute approximate surface area is 239 Å². The maximum absolute atomic E-state index is 11.2. The molecule has 2 heterocycles. The molecule has 2 N–H and O–H groups in total. The van der Waals surface area contributed by atoms with E-state index in [0.29, 0.717) is 0 Å². The average molecular weight is 565 g/mol. The number of aromatic nitrogens is 2. The molecular weight excluding hydrogens is 541 g/mol. The van der Waals surface area contributed by atoms with Gasteiger partial charge in [0.05, 0.1) is 0 Å². The molecule has 0 aliphatic carbocycles. The van der Waals surface area contributed by atoms with Gasteiger partial charge in [0.2, 0.25) is 0 Å². The van der Waals surface area contributed by atoms with Crippen LogP contribution in [0.25, 0.3) is 43.6 Å². The first-order chi connectivity index (χ1) is 17.4. The van der Waals surface area contributed by atoms with E-state index in [1.54, 1.807) is 9.13 Å². The SMILES string of the molecule is [CH2-][C@@H](C(=O)O)n1c2ccccc2c2ccccc21.[CH2-][C@@H](C(=O)O)n1c2ccccc2c2ccccc21.[Y]. The third-order valence-corrected chi connectivity index (χ3v) is 6.43. The van der Waals surface area contributed by atoms with Crippen LogP contribution in [-0.2, 0) is 42.3 Å². The molecule has 4 aromatic carbocycles. The van der Waals surface area contributed by atoms with Gasteiger partial charge in [-0.3, -0.25) is 9.59 Å². The number of carbonyl (C=O) groups is 2. The van der Waals surface area contributed by atoms with Crippen LogP contribution in [0.15, 0.2) is 97.1 Å². The summed E-state index contributed by atoms with van der Waals surface area (Å²) in [7, 11) is 0. The number of rotatable bonds is 4. The number of carboxylic acid groups (broad SMARTS) is 2. The first-order valence-electron chi connectivity index (χ1n) is 11.5. The van der Waals surface area contributed by atoms with Gasteiger partial charge in [-0.25, -0.2) is 0 Å². The Morgan fingerprint density at radius 1 is 0.514 bits per heavy atom. The quantitative estimate of drug-likeness (QED) is 0.239. The van der Waals surface area contributed by atoms with Crippen molar-refractivity contribution in [2.75, 3.05) is 0 Å². The van der Waals surface area contributed by atoms with Crippen molar-refractivity contribution in [2.24, 2.45) is 0 Å². The third-order valence-electron chi connectivity index (χ3n) is 6.43. The van der Waals surface area contributed by atoms with Crippen molar-refractivity contribution in [1.29, 1.82) is 0 Å². The number of hydrogen-bond donors (Lipinski definition) is 2. The summed E-state index contributed by atoms with van der Waals surface area (Å²) in [5.41, 5.74) is 3.62. The zero-order chi connectivity index (χ0) is 25.4. The van der Waals surface area contributed by atoms with Gasteiger partial charge in [-0.1, -0.05) is 72.8 Å². The van der Waals surface area contributed by atoms with E-state index >= 15 is 0 Å². The van der Waals surface area contributed by atoms with Gasteiger partial charge in [0.25, 0.3) is 11.9 Å². The molecule has 0 unspecified atom stereocenters. The number of aliphatic carboxylic acids is 2. The fourth-order valence-corrected chi connectivity index (χ4v) is 4.80. The summed E-state index contributed by atoms with van der Waals surface area (Å²) in [6.07, 6.45) is 0. The number of hydrogen-bond acceptors (Lipinski definition) is 2. The summed E-state index contributed by atoms with van der Waals surface area (Å²) < 4.78 is 3.54. The van der Waals surface area contributed by atoms with Crippen LogP contribution in [0.1, 0.15) is 12.1 Å². The minimum atomic E-state index is -0.929. The Morgan fingerprint density at radius 2 is 0.730 bits per heavy atom. The van der Waals surface area contributed by atoms with Gasteiger partial charge in [0.1, 0.15) is 0 Å². The molecule has 0 bridgehead atoms. The van der Waals surface area contributed by atoms with Crippen molar-refractivity contribution < 1.29 is 52.5 Å². The fraction of sp³-hybridized carbons (Fsp3) is 0.0667. The molecular formula is C30H24N2O4Y-2. The largest absolute Gasteiger partial charge is 0.482 e. The average Bonchev–Trinajstić information content (AvgIpc) is 3.41. The molecule has 0 aliphatic rings. The molecule has 2 atom stereocenters. The second-order valence-corrected chi connectivity index (χ2v) is 8.52. The summed E-state index contributed by atoms with van der Waals surface area (Å²) in [5.74, 6) is -1.86. The van der Waals surface area contributed by atoms with E-state index in [0.717, 1.165) is 43.6 Å². The van der Waals surface area contributed by atoms with Gasteiger partial charge in [0, 0.05) is 88.4 Å². The molecule has 1 radical (unpaired) electrons. The molecule has 6 rings (SSSR count). The van der Waals surface area contributed by atoms with E-state index in [1.165, 1.54) is 0 Å². The van der Waals surface area contributed by atoms with Gasteiger partial charge in [-0.05, 0) is 24.3 Å². The summed E-state index contributed by atoms with van der Waals surface area (Å²) in [5, 5.41) is 22.6. The maximum Gasteiger partial charge on any atom is 0.295 e. The molecule has 7 heteroatoms. The number of benzene rings is 4. The molecule has 0 amide bonds. The summed E-state index contributed by atoms with van der Waals surface area (Å²) >= 11 is 0. The van der Waals surface area contributed by atoms with Crippen molar-refractivity contribution in [1.82, 2.24) is 9.13 Å². The summed E-state index contributed by atoms with van der Waals surface area (Å²) in [4.78, 5) is 22.4. The first-order valence-corrected chi connectivity index (χ1v) is 11.5. The van der Waals surface area contributed by atoms with Gasteiger partial charge in [0.15, 0.2) is 0 Å². The van der Waals surface area contributed by atoms with E-state index in [-0.39, 0.29) is 32.7 Å². The standard InChI is InChI=1S/2C15H12NO2.Y/c2*1-10(15(17)18)16-13-8-4-2-6-11(13)12-7-3-5-9-14(12)16;/h2*2-10H,1H2,(H,17,18);/q2*-1;/t2*10-;/m00./s1. The monoisotopic (exact) mass is 565 g/mol. The topological polar surface area (TPSA) is 84.5 Å². The summed E-state index contributed by atoms with van der Waals surface area (Å²) in [6, 6.07) is 29.5. The van der Waals surface area contributed by atoms with Gasteiger partial charge < -0.3 is 33.2 Å². The van der Waals surface area contributed by atoms with Crippen molar-refractivity contribution in [3.63, 3.8) is 0 Å². The molecule has 6 nitrogen and oxygen atoms in total. The first kappa shape index (κ1) is 26.6. The van der Waals surface area contributed by atoms with Crippen molar-refractivity contribution in [3.05, 3.63) is 111 Å². The Balaban J connectivity index is 0.000000168. The summed E-state index contributed by atoms with van der Waals surface area (Å²) in [6.45, 7) is 7.49. The number of fused-ring (bicyclic) bond motifs is 6. The predicted molar refractivity (Wildman–Crippen MR) is 143 cm³/mol. The van der Waals surface area contributed by atoms with Crippen LogP contribution in [-0.4, -0.2) is 31.3 Å². The predicted octanol–water partition coefficient (Wildman–Crippen LogP) is 6.51. The third kappa shape index (κ3) is 4.67. The van der Waals surface area contributed by atoms with Crippen LogP contribution in [0.3, 0.4) is 0 Å². The van der Waals surface area contributed by atoms with Gasteiger partial charge >= 0.3 is 0 Å². The molecule has 2 aromatic heterocycles.